The standard InChI is InChI=1S/C61H100O5/c1-4-7-10-13-16-19-22-25-28-30-31-33-34-36-39-42-45-48-51-54-60(62)65-58-59(57-64-56-53-50-47-44-41-38-27-24-21-18-15-12-9-6-3)66-61(63)55-52-49-46-43-40-37-35-32-29-26-23-20-17-14-11-8-5-2/h8-9,11-12,16-21,25-29,31,33,35,37-38,59H,4-7,10,13-15,22-24,30,32,34,36,39-58H2,1-3H3/b11-8-,12-9-,19-16-,20-17-,21-18-,28-25-,29-26-,33-31-,37-35-,38-27-. The van der Waals surface area contributed by atoms with Crippen LogP contribution >= 0.6 is 0 Å². The van der Waals surface area contributed by atoms with Gasteiger partial charge in [-0.25, -0.2) is 0 Å². The lowest BCUT2D eigenvalue weighted by molar-refractivity contribution is -0.163. The molecule has 0 heterocycles. The van der Waals surface area contributed by atoms with E-state index in [1.807, 2.05) is 0 Å². The van der Waals surface area contributed by atoms with E-state index in [0.717, 1.165) is 141 Å². The predicted molar refractivity (Wildman–Crippen MR) is 288 cm³/mol. The molecule has 5 nitrogen and oxygen atoms in total. The summed E-state index contributed by atoms with van der Waals surface area (Å²) in [5.41, 5.74) is 0. The van der Waals surface area contributed by atoms with Crippen molar-refractivity contribution in [1.29, 1.82) is 0 Å². The highest BCUT2D eigenvalue weighted by Gasteiger charge is 2.17. The summed E-state index contributed by atoms with van der Waals surface area (Å²) in [4.78, 5) is 25.5. The summed E-state index contributed by atoms with van der Waals surface area (Å²) in [5, 5.41) is 0. The molecule has 0 fully saturated rings. The van der Waals surface area contributed by atoms with Crippen LogP contribution in [0.25, 0.3) is 0 Å². The Morgan fingerprint density at radius 3 is 1.09 bits per heavy atom. The van der Waals surface area contributed by atoms with Gasteiger partial charge in [0.15, 0.2) is 6.10 Å². The van der Waals surface area contributed by atoms with Crippen molar-refractivity contribution < 1.29 is 23.8 Å². The molecule has 374 valence electrons. The van der Waals surface area contributed by atoms with E-state index in [4.69, 9.17) is 14.2 Å². The summed E-state index contributed by atoms with van der Waals surface area (Å²) in [5.74, 6) is -0.458. The van der Waals surface area contributed by atoms with Crippen LogP contribution in [0.2, 0.25) is 0 Å². The summed E-state index contributed by atoms with van der Waals surface area (Å²) >= 11 is 0. The Labute approximate surface area is 407 Å². The van der Waals surface area contributed by atoms with E-state index in [-0.39, 0.29) is 25.2 Å². The molecule has 1 unspecified atom stereocenters. The second kappa shape index (κ2) is 55.6. The topological polar surface area (TPSA) is 61.8 Å². The second-order valence-corrected chi connectivity index (χ2v) is 17.4. The van der Waals surface area contributed by atoms with Crippen molar-refractivity contribution in [2.24, 2.45) is 0 Å². The third-order valence-corrected chi connectivity index (χ3v) is 11.0. The minimum Gasteiger partial charge on any atom is -0.462 e. The second-order valence-electron chi connectivity index (χ2n) is 17.4. The third-order valence-electron chi connectivity index (χ3n) is 11.0. The summed E-state index contributed by atoms with van der Waals surface area (Å²) in [7, 11) is 0. The highest BCUT2D eigenvalue weighted by Crippen LogP contribution is 2.12. The summed E-state index contributed by atoms with van der Waals surface area (Å²) in [6, 6.07) is 0. The van der Waals surface area contributed by atoms with E-state index in [2.05, 4.69) is 142 Å². The Morgan fingerprint density at radius 2 is 0.682 bits per heavy atom. The molecule has 5 heteroatoms. The number of hydrogen-bond acceptors (Lipinski definition) is 5. The van der Waals surface area contributed by atoms with Gasteiger partial charge in [0, 0.05) is 19.4 Å². The van der Waals surface area contributed by atoms with Crippen LogP contribution < -0.4 is 0 Å². The fourth-order valence-corrected chi connectivity index (χ4v) is 6.99. The molecule has 0 aliphatic rings. The molecule has 0 aromatic heterocycles. The van der Waals surface area contributed by atoms with Crippen molar-refractivity contribution in [3.8, 4) is 0 Å². The minimum absolute atomic E-state index is 0.0515. The number of allylic oxidation sites excluding steroid dienone is 20. The molecule has 0 radical (unpaired) electrons. The molecule has 0 bridgehead atoms. The van der Waals surface area contributed by atoms with Crippen molar-refractivity contribution in [2.45, 2.75) is 232 Å². The van der Waals surface area contributed by atoms with Gasteiger partial charge in [-0.3, -0.25) is 9.59 Å². The number of ether oxygens (including phenoxy) is 3. The van der Waals surface area contributed by atoms with Crippen molar-refractivity contribution >= 4 is 11.9 Å². The maximum atomic E-state index is 12.8. The van der Waals surface area contributed by atoms with Gasteiger partial charge in [0.25, 0.3) is 0 Å². The molecule has 0 amide bonds. The number of rotatable bonds is 48. The molecule has 66 heavy (non-hydrogen) atoms. The van der Waals surface area contributed by atoms with Gasteiger partial charge in [-0.1, -0.05) is 206 Å². The monoisotopic (exact) mass is 913 g/mol. The van der Waals surface area contributed by atoms with E-state index < -0.39 is 6.10 Å². The first-order valence-corrected chi connectivity index (χ1v) is 27.1. The first kappa shape index (κ1) is 62.3. The zero-order valence-corrected chi connectivity index (χ0v) is 42.9. The predicted octanol–water partition coefficient (Wildman–Crippen LogP) is 18.6. The molecular formula is C61H100O5. The molecule has 1 atom stereocenters. The maximum Gasteiger partial charge on any atom is 0.306 e. The minimum atomic E-state index is -0.575. The van der Waals surface area contributed by atoms with Crippen LogP contribution in [0, 0.1) is 0 Å². The smallest absolute Gasteiger partial charge is 0.306 e. The van der Waals surface area contributed by atoms with Gasteiger partial charge < -0.3 is 14.2 Å². The number of esters is 2. The van der Waals surface area contributed by atoms with Gasteiger partial charge in [0.2, 0.25) is 0 Å². The van der Waals surface area contributed by atoms with Crippen LogP contribution in [0.5, 0.6) is 0 Å². The normalized spacial score (nSPS) is 13.2. The van der Waals surface area contributed by atoms with Crippen molar-refractivity contribution in [1.82, 2.24) is 0 Å². The van der Waals surface area contributed by atoms with Gasteiger partial charge in [0.05, 0.1) is 6.61 Å². The van der Waals surface area contributed by atoms with Gasteiger partial charge in [-0.05, 0) is 128 Å². The van der Waals surface area contributed by atoms with Crippen molar-refractivity contribution in [2.75, 3.05) is 19.8 Å². The van der Waals surface area contributed by atoms with Crippen LogP contribution in [0.1, 0.15) is 226 Å². The molecule has 0 saturated carbocycles. The van der Waals surface area contributed by atoms with E-state index in [0.29, 0.717) is 19.4 Å². The van der Waals surface area contributed by atoms with E-state index in [1.54, 1.807) is 0 Å². The molecule has 0 N–H and O–H groups in total. The third kappa shape index (κ3) is 52.9. The Hall–Kier alpha value is -3.70. The number of carbonyl (C=O) groups excluding carboxylic acids is 2. The fraction of sp³-hybridized carbons (Fsp3) is 0.639. The average Bonchev–Trinajstić information content (AvgIpc) is 3.32. The first-order chi connectivity index (χ1) is 32.6. The summed E-state index contributed by atoms with van der Waals surface area (Å²) in [6.07, 6.45) is 77.8. The van der Waals surface area contributed by atoms with Gasteiger partial charge in [0.1, 0.15) is 6.61 Å². The van der Waals surface area contributed by atoms with Crippen molar-refractivity contribution in [3.05, 3.63) is 122 Å². The molecule has 0 rings (SSSR count). The molecule has 0 aliphatic heterocycles. The number of unbranched alkanes of at least 4 members (excludes halogenated alkanes) is 17. The van der Waals surface area contributed by atoms with E-state index in [9.17, 15) is 9.59 Å². The van der Waals surface area contributed by atoms with Crippen LogP contribution in [0.4, 0.5) is 0 Å². The highest BCUT2D eigenvalue weighted by molar-refractivity contribution is 5.70. The van der Waals surface area contributed by atoms with Gasteiger partial charge >= 0.3 is 11.9 Å². The van der Waals surface area contributed by atoms with E-state index in [1.165, 1.54) is 51.4 Å². The zero-order valence-electron chi connectivity index (χ0n) is 42.9. The molecule has 0 spiro atoms. The number of carbonyl (C=O) groups is 2. The van der Waals surface area contributed by atoms with Gasteiger partial charge in [-0.2, -0.15) is 0 Å². The van der Waals surface area contributed by atoms with Crippen LogP contribution in [-0.2, 0) is 23.8 Å². The highest BCUT2D eigenvalue weighted by atomic mass is 16.6. The zero-order chi connectivity index (χ0) is 47.7. The van der Waals surface area contributed by atoms with Crippen molar-refractivity contribution in [3.63, 3.8) is 0 Å². The SMILES string of the molecule is CC/C=C\C/C=C\C/C=C\C/C=C\CCCCCCC(=O)OC(COCCCCCC/C=C\C/C=C\C/C=C\CC)COC(=O)CCCCCCCC/C=C\C/C=C\C/C=C\CCCCC. The van der Waals surface area contributed by atoms with Crippen LogP contribution in [0.15, 0.2) is 122 Å². The first-order valence-electron chi connectivity index (χ1n) is 27.1. The summed E-state index contributed by atoms with van der Waals surface area (Å²) in [6.45, 7) is 7.48. The molecule has 0 aromatic carbocycles. The summed E-state index contributed by atoms with van der Waals surface area (Å²) < 4.78 is 17.4. The molecule has 0 saturated heterocycles. The largest absolute Gasteiger partial charge is 0.462 e. The Balaban J connectivity index is 4.39. The lowest BCUT2D eigenvalue weighted by atomic mass is 10.1. The Morgan fingerprint density at radius 1 is 0.348 bits per heavy atom. The lowest BCUT2D eigenvalue weighted by Gasteiger charge is -2.18. The fourth-order valence-electron chi connectivity index (χ4n) is 6.99. The van der Waals surface area contributed by atoms with Crippen LogP contribution in [-0.4, -0.2) is 37.9 Å². The van der Waals surface area contributed by atoms with E-state index >= 15 is 0 Å². The molecule has 0 aliphatic carbocycles. The maximum absolute atomic E-state index is 12.8. The molecule has 0 aromatic rings. The van der Waals surface area contributed by atoms with Crippen LogP contribution in [0.3, 0.4) is 0 Å². The quantitative estimate of drug-likeness (QED) is 0.0346. The Kier molecular flexibility index (Phi) is 52.5. The average molecular weight is 913 g/mol. The lowest BCUT2D eigenvalue weighted by Crippen LogP contribution is -2.30. The molecular weight excluding hydrogens is 813 g/mol. The Bertz CT molecular complexity index is 1350. The number of hydrogen-bond donors (Lipinski definition) is 0. The van der Waals surface area contributed by atoms with Gasteiger partial charge in [-0.15, -0.1) is 0 Å².